The van der Waals surface area contributed by atoms with Crippen LogP contribution in [0.1, 0.15) is 24.1 Å². The van der Waals surface area contributed by atoms with E-state index in [4.69, 9.17) is 0 Å². The van der Waals surface area contributed by atoms with Crippen LogP contribution in [0.4, 0.5) is 0 Å². The Hall–Kier alpha value is -1.88. The predicted molar refractivity (Wildman–Crippen MR) is 82.9 cm³/mol. The van der Waals surface area contributed by atoms with Gasteiger partial charge in [0, 0.05) is 17.8 Å². The van der Waals surface area contributed by atoms with Crippen LogP contribution in [0.15, 0.2) is 18.2 Å². The van der Waals surface area contributed by atoms with E-state index in [0.717, 1.165) is 48.1 Å². The molecular weight excluding hydrogens is 264 g/mol. The third-order valence-corrected chi connectivity index (χ3v) is 4.37. The van der Waals surface area contributed by atoms with Gasteiger partial charge in [-0.05, 0) is 57.6 Å². The molecule has 1 aromatic carbocycles. The highest BCUT2D eigenvalue weighted by Crippen LogP contribution is 2.18. The summed E-state index contributed by atoms with van der Waals surface area (Å²) in [4.78, 5) is 14.5. The lowest BCUT2D eigenvalue weighted by atomic mass is 9.96. The summed E-state index contributed by atoms with van der Waals surface area (Å²) in [5.74, 6) is 0.354. The van der Waals surface area contributed by atoms with Gasteiger partial charge in [0.05, 0.1) is 11.2 Å². The van der Waals surface area contributed by atoms with E-state index < -0.39 is 0 Å². The van der Waals surface area contributed by atoms with Gasteiger partial charge in [-0.25, -0.2) is 0 Å². The zero-order chi connectivity index (χ0) is 14.8. The van der Waals surface area contributed by atoms with Crippen molar-refractivity contribution >= 4 is 16.8 Å². The first kappa shape index (κ1) is 14.1. The van der Waals surface area contributed by atoms with Crippen molar-refractivity contribution in [3.05, 3.63) is 29.5 Å². The lowest BCUT2D eigenvalue weighted by molar-refractivity contribution is -0.126. The van der Waals surface area contributed by atoms with Crippen LogP contribution in [-0.2, 0) is 11.3 Å². The first-order chi connectivity index (χ1) is 10.1. The number of carbonyl (C=O) groups is 1. The van der Waals surface area contributed by atoms with E-state index in [2.05, 4.69) is 33.5 Å². The zero-order valence-corrected chi connectivity index (χ0v) is 12.6. The largest absolute Gasteiger partial charge is 0.352 e. The zero-order valence-electron chi connectivity index (χ0n) is 12.6. The fraction of sp³-hybridized carbons (Fsp3) is 0.500. The first-order valence-corrected chi connectivity index (χ1v) is 7.53. The van der Waals surface area contributed by atoms with Crippen molar-refractivity contribution in [3.63, 3.8) is 0 Å². The number of aromatic amines is 1. The Morgan fingerprint density at radius 1 is 1.43 bits per heavy atom. The highest BCUT2D eigenvalue weighted by Gasteiger charge is 2.22. The van der Waals surface area contributed by atoms with Crippen molar-refractivity contribution in [1.82, 2.24) is 20.4 Å². The number of rotatable bonds is 3. The molecule has 1 amide bonds. The molecule has 0 saturated carbocycles. The Kier molecular flexibility index (Phi) is 3.92. The average molecular weight is 286 g/mol. The Morgan fingerprint density at radius 2 is 2.19 bits per heavy atom. The number of hydrogen-bond acceptors (Lipinski definition) is 3. The van der Waals surface area contributed by atoms with Crippen LogP contribution in [0.5, 0.6) is 0 Å². The van der Waals surface area contributed by atoms with Crippen molar-refractivity contribution in [2.24, 2.45) is 5.92 Å². The maximum atomic E-state index is 12.2. The standard InChI is InChI=1S/C16H22N4O/c1-11-14-9-12(3-4-15(14)19-18-11)10-17-16(21)13-5-7-20(2)8-6-13/h3-4,9,13H,5-8,10H2,1-2H3,(H,17,21)(H,18,19). The number of hydrogen-bond donors (Lipinski definition) is 2. The highest BCUT2D eigenvalue weighted by atomic mass is 16.1. The van der Waals surface area contributed by atoms with Gasteiger partial charge in [-0.2, -0.15) is 5.10 Å². The molecule has 1 fully saturated rings. The van der Waals surface area contributed by atoms with E-state index in [9.17, 15) is 4.79 Å². The van der Waals surface area contributed by atoms with Gasteiger partial charge < -0.3 is 10.2 Å². The first-order valence-electron chi connectivity index (χ1n) is 7.53. The highest BCUT2D eigenvalue weighted by molar-refractivity contribution is 5.82. The van der Waals surface area contributed by atoms with Gasteiger partial charge >= 0.3 is 0 Å². The van der Waals surface area contributed by atoms with E-state index in [1.165, 1.54) is 0 Å². The van der Waals surface area contributed by atoms with Gasteiger partial charge in [-0.15, -0.1) is 0 Å². The number of aryl methyl sites for hydroxylation is 1. The van der Waals surface area contributed by atoms with Gasteiger partial charge in [-0.1, -0.05) is 6.07 Å². The van der Waals surface area contributed by atoms with E-state index in [1.54, 1.807) is 0 Å². The topological polar surface area (TPSA) is 61.0 Å². The lowest BCUT2D eigenvalue weighted by Gasteiger charge is -2.28. The molecule has 3 rings (SSSR count). The number of fused-ring (bicyclic) bond motifs is 1. The Balaban J connectivity index is 1.60. The molecule has 112 valence electrons. The van der Waals surface area contributed by atoms with Gasteiger partial charge in [-0.3, -0.25) is 9.89 Å². The molecule has 21 heavy (non-hydrogen) atoms. The number of carbonyl (C=O) groups excluding carboxylic acids is 1. The summed E-state index contributed by atoms with van der Waals surface area (Å²) in [5, 5.41) is 11.4. The summed E-state index contributed by atoms with van der Waals surface area (Å²) in [5.41, 5.74) is 3.15. The molecule has 2 heterocycles. The summed E-state index contributed by atoms with van der Waals surface area (Å²) in [7, 11) is 2.11. The molecule has 0 bridgehead atoms. The van der Waals surface area contributed by atoms with Crippen molar-refractivity contribution < 1.29 is 4.79 Å². The number of likely N-dealkylation sites (tertiary alicyclic amines) is 1. The van der Waals surface area contributed by atoms with Crippen LogP contribution in [-0.4, -0.2) is 41.1 Å². The van der Waals surface area contributed by atoms with Gasteiger partial charge in [0.15, 0.2) is 0 Å². The van der Waals surface area contributed by atoms with Crippen LogP contribution in [0.25, 0.3) is 10.9 Å². The third kappa shape index (κ3) is 3.08. The van der Waals surface area contributed by atoms with Crippen molar-refractivity contribution in [2.45, 2.75) is 26.3 Å². The second kappa shape index (κ2) is 5.85. The second-order valence-corrected chi connectivity index (χ2v) is 5.98. The number of benzene rings is 1. The minimum Gasteiger partial charge on any atom is -0.352 e. The Morgan fingerprint density at radius 3 is 2.95 bits per heavy atom. The molecule has 1 aliphatic heterocycles. The molecule has 1 aliphatic rings. The number of nitrogens with zero attached hydrogens (tertiary/aromatic N) is 2. The van der Waals surface area contributed by atoms with Gasteiger partial charge in [0.1, 0.15) is 0 Å². The monoisotopic (exact) mass is 286 g/mol. The number of piperidine rings is 1. The average Bonchev–Trinajstić information content (AvgIpc) is 2.87. The summed E-state index contributed by atoms with van der Waals surface area (Å²) < 4.78 is 0. The molecule has 5 heteroatoms. The molecule has 0 aliphatic carbocycles. The Bertz CT molecular complexity index is 641. The van der Waals surface area contributed by atoms with Gasteiger partial charge in [0.25, 0.3) is 0 Å². The third-order valence-electron chi connectivity index (χ3n) is 4.37. The smallest absolute Gasteiger partial charge is 0.223 e. The fourth-order valence-electron chi connectivity index (χ4n) is 2.91. The van der Waals surface area contributed by atoms with Crippen molar-refractivity contribution in [3.8, 4) is 0 Å². The second-order valence-electron chi connectivity index (χ2n) is 5.98. The number of H-pyrrole nitrogens is 1. The minimum atomic E-state index is 0.167. The molecule has 5 nitrogen and oxygen atoms in total. The van der Waals surface area contributed by atoms with Gasteiger partial charge in [0.2, 0.25) is 5.91 Å². The van der Waals surface area contributed by atoms with E-state index >= 15 is 0 Å². The molecule has 2 aromatic rings. The molecule has 0 unspecified atom stereocenters. The molecule has 0 spiro atoms. The lowest BCUT2D eigenvalue weighted by Crippen LogP contribution is -2.38. The SMILES string of the molecule is Cc1n[nH]c2ccc(CNC(=O)C3CCN(C)CC3)cc12. The normalized spacial score (nSPS) is 17.2. The number of aromatic nitrogens is 2. The molecule has 2 N–H and O–H groups in total. The summed E-state index contributed by atoms with van der Waals surface area (Å²) in [6.45, 7) is 4.60. The van der Waals surface area contributed by atoms with E-state index in [-0.39, 0.29) is 11.8 Å². The molecule has 0 radical (unpaired) electrons. The predicted octanol–water partition coefficient (Wildman–Crippen LogP) is 1.83. The summed E-state index contributed by atoms with van der Waals surface area (Å²) >= 11 is 0. The van der Waals surface area contributed by atoms with Crippen LogP contribution in [0.2, 0.25) is 0 Å². The molecule has 1 saturated heterocycles. The molecular formula is C16H22N4O. The van der Waals surface area contributed by atoms with Crippen LogP contribution >= 0.6 is 0 Å². The Labute approximate surface area is 124 Å². The van der Waals surface area contributed by atoms with E-state index in [0.29, 0.717) is 6.54 Å². The van der Waals surface area contributed by atoms with Crippen LogP contribution in [0.3, 0.4) is 0 Å². The van der Waals surface area contributed by atoms with E-state index in [1.807, 2.05) is 19.1 Å². The quantitative estimate of drug-likeness (QED) is 0.905. The fourth-order valence-corrected chi connectivity index (χ4v) is 2.91. The molecule has 0 atom stereocenters. The molecule has 1 aromatic heterocycles. The summed E-state index contributed by atoms with van der Waals surface area (Å²) in [6.07, 6.45) is 1.92. The summed E-state index contributed by atoms with van der Waals surface area (Å²) in [6, 6.07) is 6.16. The van der Waals surface area contributed by atoms with Crippen molar-refractivity contribution in [2.75, 3.05) is 20.1 Å². The minimum absolute atomic E-state index is 0.167. The van der Waals surface area contributed by atoms with Crippen LogP contribution < -0.4 is 5.32 Å². The maximum Gasteiger partial charge on any atom is 0.223 e. The van der Waals surface area contributed by atoms with Crippen molar-refractivity contribution in [1.29, 1.82) is 0 Å². The number of amides is 1. The van der Waals surface area contributed by atoms with Crippen LogP contribution in [0, 0.1) is 12.8 Å². The number of nitrogens with one attached hydrogen (secondary N) is 2. The maximum absolute atomic E-state index is 12.2.